The number of halogens is 9. The summed E-state index contributed by atoms with van der Waals surface area (Å²) in [5.74, 6) is -13.6. The van der Waals surface area contributed by atoms with Crippen LogP contribution in [-0.2, 0) is 25.8 Å². The molecule has 0 rings (SSSR count). The van der Waals surface area contributed by atoms with Gasteiger partial charge in [0.2, 0.25) is 0 Å². The minimum atomic E-state index is -7.43. The molecule has 0 saturated heterocycles. The highest BCUT2D eigenvalue weighted by Crippen LogP contribution is 2.54. The zero-order chi connectivity index (χ0) is 24.2. The van der Waals surface area contributed by atoms with Crippen LogP contribution in [0.1, 0.15) is 41.0 Å². The lowest BCUT2D eigenvalue weighted by Gasteiger charge is -2.34. The van der Waals surface area contributed by atoms with E-state index in [4.69, 9.17) is 0 Å². The topological polar surface area (TPSA) is 74.3 Å². The molecule has 0 fully saturated rings. The first-order valence-electron chi connectivity index (χ1n) is 7.84. The number of hydrogen-bond donors (Lipinski definition) is 0. The smallest absolute Gasteiger partial charge is 0.460 e. The van der Waals surface area contributed by atoms with Crippen LogP contribution in [0.15, 0.2) is 0 Å². The molecule has 0 heterocycles. The van der Waals surface area contributed by atoms with Crippen molar-refractivity contribution < 1.29 is 57.3 Å². The molecule has 0 aliphatic heterocycles. The Morgan fingerprint density at radius 2 is 1.21 bits per heavy atom. The zero-order valence-corrected chi connectivity index (χ0v) is 17.6. The SMILES string of the molecule is CCC(=O)C[S+](C(C)C)C(C)C.O=S(=O)([O-])C(F)(F)C(F)(F)C(F)(F)C(F)(F)F. The molecule has 0 atom stereocenters. The van der Waals surface area contributed by atoms with Gasteiger partial charge in [-0.25, -0.2) is 8.42 Å². The average Bonchev–Trinajstić information content (AvgIpc) is 2.49. The van der Waals surface area contributed by atoms with Crippen molar-refractivity contribution in [2.45, 2.75) is 74.8 Å². The lowest BCUT2D eigenvalue weighted by atomic mass is 10.1. The van der Waals surface area contributed by atoms with E-state index in [1.165, 1.54) is 0 Å². The Morgan fingerprint density at radius 3 is 1.41 bits per heavy atom. The first-order valence-corrected chi connectivity index (χ1v) is 10.8. The van der Waals surface area contributed by atoms with Gasteiger partial charge in [-0.15, -0.1) is 0 Å². The fraction of sp³-hybridized carbons (Fsp3) is 0.929. The van der Waals surface area contributed by atoms with Gasteiger partial charge in [0.1, 0.15) is 10.5 Å². The predicted molar refractivity (Wildman–Crippen MR) is 88.4 cm³/mol. The fourth-order valence-electron chi connectivity index (χ4n) is 1.68. The van der Waals surface area contributed by atoms with E-state index in [0.717, 1.165) is 5.75 Å². The van der Waals surface area contributed by atoms with Crippen molar-refractivity contribution in [2.24, 2.45) is 0 Å². The van der Waals surface area contributed by atoms with Crippen molar-refractivity contribution in [1.29, 1.82) is 0 Å². The molecule has 0 aliphatic carbocycles. The molecule has 15 heteroatoms. The normalized spacial score (nSPS) is 14.3. The Bertz CT molecular complexity index is 636. The molecule has 0 aliphatic rings. The number of hydrogen-bond acceptors (Lipinski definition) is 4. The minimum absolute atomic E-state index is 0.293. The van der Waals surface area contributed by atoms with Crippen molar-refractivity contribution in [3.8, 4) is 0 Å². The zero-order valence-electron chi connectivity index (χ0n) is 15.9. The minimum Gasteiger partial charge on any atom is -0.743 e. The van der Waals surface area contributed by atoms with Crippen LogP contribution in [0.5, 0.6) is 0 Å². The largest absolute Gasteiger partial charge is 0.743 e. The molecule has 4 nitrogen and oxygen atoms in total. The molecule has 0 saturated carbocycles. The fourth-order valence-corrected chi connectivity index (χ4v) is 4.46. The Hall–Kier alpha value is -0.700. The summed E-state index contributed by atoms with van der Waals surface area (Å²) in [6, 6.07) is 0. The molecule has 0 N–H and O–H groups in total. The number of rotatable bonds is 8. The van der Waals surface area contributed by atoms with Crippen molar-refractivity contribution in [2.75, 3.05) is 5.75 Å². The van der Waals surface area contributed by atoms with Crippen LogP contribution in [-0.4, -0.2) is 58.3 Å². The second-order valence-corrected chi connectivity index (χ2v) is 10.8. The van der Waals surface area contributed by atoms with E-state index in [1.807, 2.05) is 6.92 Å². The molecule has 176 valence electrons. The van der Waals surface area contributed by atoms with Gasteiger partial charge >= 0.3 is 23.3 Å². The maximum absolute atomic E-state index is 12.2. The molecule has 0 spiro atoms. The number of ketones is 1. The standard InChI is InChI=1S/C10H21OS.C4HF9O3S/c1-6-10(11)7-12(8(2)3)9(4)5;5-1(6,3(9,10)11)2(7,8)4(12,13)17(14,15)16/h8-9H,6-7H2,1-5H3;(H,14,15,16)/q+1;/p-1. The van der Waals surface area contributed by atoms with Gasteiger partial charge in [-0.3, -0.25) is 4.79 Å². The summed E-state index contributed by atoms with van der Waals surface area (Å²) >= 11 is 0. The van der Waals surface area contributed by atoms with Crippen molar-refractivity contribution in [3.05, 3.63) is 0 Å². The van der Waals surface area contributed by atoms with Gasteiger partial charge in [0, 0.05) is 6.42 Å². The van der Waals surface area contributed by atoms with E-state index < -0.39 is 33.4 Å². The van der Waals surface area contributed by atoms with Crippen LogP contribution < -0.4 is 0 Å². The molecule has 0 aromatic carbocycles. The summed E-state index contributed by atoms with van der Waals surface area (Å²) in [6.07, 6.45) is -6.46. The van der Waals surface area contributed by atoms with Gasteiger partial charge in [0.05, 0.1) is 0 Å². The second-order valence-electron chi connectivity index (χ2n) is 6.22. The number of carbonyl (C=O) groups excluding carboxylic acids is 1. The van der Waals surface area contributed by atoms with Gasteiger partial charge in [-0.2, -0.15) is 39.5 Å². The molecular formula is C14H21F9O4S2. The highest BCUT2D eigenvalue weighted by molar-refractivity contribution is 7.98. The third-order valence-electron chi connectivity index (χ3n) is 3.36. The monoisotopic (exact) mass is 488 g/mol. The van der Waals surface area contributed by atoms with E-state index >= 15 is 0 Å². The van der Waals surface area contributed by atoms with E-state index in [9.17, 15) is 57.3 Å². The molecule has 0 radical (unpaired) electrons. The molecular weight excluding hydrogens is 467 g/mol. The summed E-state index contributed by atoms with van der Waals surface area (Å²) < 4.78 is 135. The first kappa shape index (κ1) is 30.5. The van der Waals surface area contributed by atoms with Gasteiger partial charge in [0.15, 0.2) is 21.7 Å². The van der Waals surface area contributed by atoms with Crippen LogP contribution in [0.3, 0.4) is 0 Å². The van der Waals surface area contributed by atoms with Crippen LogP contribution in [0, 0.1) is 0 Å². The molecule has 0 unspecified atom stereocenters. The third kappa shape index (κ3) is 7.19. The van der Waals surface area contributed by atoms with Gasteiger partial charge in [-0.1, -0.05) is 6.92 Å². The van der Waals surface area contributed by atoms with Crippen molar-refractivity contribution in [3.63, 3.8) is 0 Å². The maximum Gasteiger partial charge on any atom is 0.460 e. The highest BCUT2D eigenvalue weighted by atomic mass is 32.2. The van der Waals surface area contributed by atoms with Crippen LogP contribution >= 0.6 is 0 Å². The van der Waals surface area contributed by atoms with Crippen LogP contribution in [0.25, 0.3) is 0 Å². The van der Waals surface area contributed by atoms with E-state index in [1.54, 1.807) is 0 Å². The Morgan fingerprint density at radius 1 is 0.862 bits per heavy atom. The van der Waals surface area contributed by atoms with Crippen LogP contribution in [0.2, 0.25) is 0 Å². The summed E-state index contributed by atoms with van der Waals surface area (Å²) in [7, 11) is -7.12. The van der Waals surface area contributed by atoms with Crippen molar-refractivity contribution >= 4 is 26.8 Å². The molecule has 0 aromatic rings. The molecule has 0 amide bonds. The average molecular weight is 488 g/mol. The molecule has 0 bridgehead atoms. The highest BCUT2D eigenvalue weighted by Gasteiger charge is 2.83. The Balaban J connectivity index is 0. The second kappa shape index (κ2) is 10.1. The maximum atomic E-state index is 12.2. The first-order chi connectivity index (χ1) is 12.5. The summed E-state index contributed by atoms with van der Waals surface area (Å²) in [5, 5.41) is -5.81. The molecule has 29 heavy (non-hydrogen) atoms. The summed E-state index contributed by atoms with van der Waals surface area (Å²) in [5.41, 5.74) is 0. The number of alkyl halides is 9. The number of Topliss-reactive ketones (excluding diaryl/α,β-unsaturated/α-hetero) is 1. The Labute approximate surface area is 165 Å². The van der Waals surface area contributed by atoms with Crippen LogP contribution in [0.4, 0.5) is 39.5 Å². The van der Waals surface area contributed by atoms with E-state index in [-0.39, 0.29) is 0 Å². The van der Waals surface area contributed by atoms with E-state index in [2.05, 4.69) is 27.7 Å². The third-order valence-corrected chi connectivity index (χ3v) is 7.32. The Kier molecular flexibility index (Phi) is 10.6. The molecule has 0 aromatic heterocycles. The summed E-state index contributed by atoms with van der Waals surface area (Å²) in [6.45, 7) is 10.8. The predicted octanol–water partition coefficient (Wildman–Crippen LogP) is 4.36. The van der Waals surface area contributed by atoms with E-state index in [0.29, 0.717) is 33.6 Å². The number of carbonyl (C=O) groups is 1. The van der Waals surface area contributed by atoms with Gasteiger partial charge in [-0.05, 0) is 38.6 Å². The summed E-state index contributed by atoms with van der Waals surface area (Å²) in [4.78, 5) is 11.2. The van der Waals surface area contributed by atoms with Gasteiger partial charge < -0.3 is 4.55 Å². The lowest BCUT2D eigenvalue weighted by molar-refractivity contribution is -0.382. The van der Waals surface area contributed by atoms with Gasteiger partial charge in [0.25, 0.3) is 0 Å². The van der Waals surface area contributed by atoms with Crippen molar-refractivity contribution in [1.82, 2.24) is 0 Å². The quantitative estimate of drug-likeness (QED) is 0.289. The lowest BCUT2D eigenvalue weighted by Crippen LogP contribution is -2.63.